The number of carbonyl (C=O) groups excluding carboxylic acids is 2. The van der Waals surface area contributed by atoms with Gasteiger partial charge in [-0.2, -0.15) is 8.78 Å². The summed E-state index contributed by atoms with van der Waals surface area (Å²) in [6.45, 7) is 0.862. The molecule has 0 saturated heterocycles. The van der Waals surface area contributed by atoms with E-state index in [4.69, 9.17) is 0 Å². The average Bonchev–Trinajstić information content (AvgIpc) is 3.46. The van der Waals surface area contributed by atoms with Crippen LogP contribution < -0.4 is 5.32 Å². The first-order chi connectivity index (χ1) is 16.5. The van der Waals surface area contributed by atoms with Crippen LogP contribution in [-0.2, 0) is 35.0 Å². The Bertz CT molecular complexity index is 1110. The predicted molar refractivity (Wildman–Crippen MR) is 114 cm³/mol. The molecule has 0 spiro atoms. The molecule has 190 valence electrons. The zero-order chi connectivity index (χ0) is 25.3. The fourth-order valence-electron chi connectivity index (χ4n) is 4.70. The predicted octanol–water partition coefficient (Wildman–Crippen LogP) is 3.46. The van der Waals surface area contributed by atoms with Crippen LogP contribution in [0.4, 0.5) is 22.0 Å². The highest BCUT2D eigenvalue weighted by molar-refractivity contribution is 5.81. The molecule has 1 aliphatic carbocycles. The summed E-state index contributed by atoms with van der Waals surface area (Å²) in [5, 5.41) is 10.1. The monoisotopic (exact) mass is 499 g/mol. The number of carbonyl (C=O) groups is 2. The van der Waals surface area contributed by atoms with Gasteiger partial charge in [0.25, 0.3) is 0 Å². The number of aromatic nitrogens is 3. The zero-order valence-corrected chi connectivity index (χ0v) is 19.2. The van der Waals surface area contributed by atoms with E-state index in [-0.39, 0.29) is 55.7 Å². The van der Waals surface area contributed by atoms with Gasteiger partial charge in [-0.1, -0.05) is 12.8 Å². The first-order valence-electron chi connectivity index (χ1n) is 11.5. The van der Waals surface area contributed by atoms with E-state index < -0.39 is 41.1 Å². The molecule has 1 aliphatic heterocycles. The van der Waals surface area contributed by atoms with Gasteiger partial charge in [0, 0.05) is 44.5 Å². The average molecular weight is 499 g/mol. The molecule has 4 rings (SSSR count). The van der Waals surface area contributed by atoms with Gasteiger partial charge in [0.1, 0.15) is 5.82 Å². The summed E-state index contributed by atoms with van der Waals surface area (Å²) in [4.78, 5) is 27.2. The Morgan fingerprint density at radius 2 is 1.77 bits per heavy atom. The Kier molecular flexibility index (Phi) is 7.09. The van der Waals surface area contributed by atoms with Gasteiger partial charge >= 0.3 is 5.92 Å². The third kappa shape index (κ3) is 5.62. The van der Waals surface area contributed by atoms with E-state index in [2.05, 4.69) is 15.5 Å². The standard InChI is InChI=1S/C23H26F5N5O2/c1-23(27,28)22-31-30-19-12-32(6-7-33(19)22)20(34)10-15(29-21(35)13-4-2-3-5-13)8-14-9-17(25)18(26)11-16(14)24/h9,11,13,15H,2-8,10,12H2,1H3,(H,29,35). The first kappa shape index (κ1) is 25.1. The number of hydrogen-bond donors (Lipinski definition) is 1. The number of alkyl halides is 2. The maximum absolute atomic E-state index is 14.3. The fraction of sp³-hybridized carbons (Fsp3) is 0.565. The number of rotatable bonds is 7. The number of nitrogens with one attached hydrogen (secondary N) is 1. The lowest BCUT2D eigenvalue weighted by molar-refractivity contribution is -0.133. The van der Waals surface area contributed by atoms with E-state index in [0.717, 1.165) is 25.8 Å². The molecule has 0 bridgehead atoms. The van der Waals surface area contributed by atoms with Crippen molar-refractivity contribution in [3.8, 4) is 0 Å². The Hall–Kier alpha value is -3.05. The molecule has 1 aromatic heterocycles. The van der Waals surface area contributed by atoms with Crippen LogP contribution in [-0.4, -0.2) is 44.1 Å². The molecule has 2 aromatic rings. The van der Waals surface area contributed by atoms with Crippen LogP contribution in [0.3, 0.4) is 0 Å². The van der Waals surface area contributed by atoms with E-state index in [1.807, 2.05) is 0 Å². The van der Waals surface area contributed by atoms with E-state index in [9.17, 15) is 31.5 Å². The molecule has 1 atom stereocenters. The topological polar surface area (TPSA) is 80.1 Å². The van der Waals surface area contributed by atoms with Gasteiger partial charge in [0.2, 0.25) is 17.6 Å². The van der Waals surface area contributed by atoms with E-state index >= 15 is 0 Å². The lowest BCUT2D eigenvalue weighted by atomic mass is 9.99. The van der Waals surface area contributed by atoms with Crippen molar-refractivity contribution >= 4 is 11.8 Å². The van der Waals surface area contributed by atoms with Crippen LogP contribution in [0, 0.1) is 23.4 Å². The van der Waals surface area contributed by atoms with Gasteiger partial charge in [0.15, 0.2) is 17.5 Å². The summed E-state index contributed by atoms with van der Waals surface area (Å²) >= 11 is 0. The second kappa shape index (κ2) is 9.90. The highest BCUT2D eigenvalue weighted by Crippen LogP contribution is 2.28. The molecule has 1 aromatic carbocycles. The molecule has 2 amide bonds. The van der Waals surface area contributed by atoms with Gasteiger partial charge in [-0.05, 0) is 30.9 Å². The molecular weight excluding hydrogens is 473 g/mol. The largest absolute Gasteiger partial charge is 0.352 e. The van der Waals surface area contributed by atoms with Crippen molar-refractivity contribution in [2.24, 2.45) is 5.92 Å². The second-order valence-corrected chi connectivity index (χ2v) is 9.25. The maximum atomic E-state index is 14.3. The molecule has 0 radical (unpaired) electrons. The van der Waals surface area contributed by atoms with Crippen LogP contribution in [0.25, 0.3) is 0 Å². The molecule has 1 saturated carbocycles. The highest BCUT2D eigenvalue weighted by atomic mass is 19.3. The van der Waals surface area contributed by atoms with Crippen LogP contribution in [0.5, 0.6) is 0 Å². The van der Waals surface area contributed by atoms with E-state index in [1.54, 1.807) is 0 Å². The van der Waals surface area contributed by atoms with Crippen molar-refractivity contribution in [1.82, 2.24) is 25.0 Å². The number of halogens is 5. The molecule has 12 heteroatoms. The third-order valence-corrected chi connectivity index (χ3v) is 6.55. The molecule has 1 unspecified atom stereocenters. The Labute approximate surface area is 198 Å². The van der Waals surface area contributed by atoms with Gasteiger partial charge in [-0.25, -0.2) is 13.2 Å². The van der Waals surface area contributed by atoms with Crippen LogP contribution in [0.1, 0.15) is 56.2 Å². The van der Waals surface area contributed by atoms with Gasteiger partial charge in [0.05, 0.1) is 6.54 Å². The minimum absolute atomic E-state index is 0.0509. The van der Waals surface area contributed by atoms with E-state index in [1.165, 1.54) is 9.47 Å². The zero-order valence-electron chi connectivity index (χ0n) is 19.2. The summed E-state index contributed by atoms with van der Waals surface area (Å²) in [5.74, 6) is -7.88. The number of nitrogens with zero attached hydrogens (tertiary/aromatic N) is 4. The second-order valence-electron chi connectivity index (χ2n) is 9.25. The van der Waals surface area contributed by atoms with Gasteiger partial charge in [-0.3, -0.25) is 9.59 Å². The third-order valence-electron chi connectivity index (χ3n) is 6.55. The van der Waals surface area contributed by atoms with Crippen LogP contribution in [0.15, 0.2) is 12.1 Å². The quantitative estimate of drug-likeness (QED) is 0.468. The van der Waals surface area contributed by atoms with Crippen molar-refractivity contribution in [3.63, 3.8) is 0 Å². The first-order valence-corrected chi connectivity index (χ1v) is 11.5. The molecule has 35 heavy (non-hydrogen) atoms. The molecule has 1 N–H and O–H groups in total. The molecule has 2 aliphatic rings. The van der Waals surface area contributed by atoms with Crippen molar-refractivity contribution in [2.75, 3.05) is 6.54 Å². The fourth-order valence-corrected chi connectivity index (χ4v) is 4.70. The van der Waals surface area contributed by atoms with Crippen molar-refractivity contribution in [2.45, 2.75) is 70.5 Å². The van der Waals surface area contributed by atoms with Crippen molar-refractivity contribution in [1.29, 1.82) is 0 Å². The molecule has 2 heterocycles. The maximum Gasteiger partial charge on any atom is 0.304 e. The smallest absolute Gasteiger partial charge is 0.304 e. The molecule has 7 nitrogen and oxygen atoms in total. The summed E-state index contributed by atoms with van der Waals surface area (Å²) in [7, 11) is 0. The minimum atomic E-state index is -3.18. The number of hydrogen-bond acceptors (Lipinski definition) is 4. The SMILES string of the molecule is CC(F)(F)c1nnc2n1CCN(C(=O)CC(Cc1cc(F)c(F)cc1F)NC(=O)C1CCCC1)C2. The number of benzene rings is 1. The van der Waals surface area contributed by atoms with Crippen molar-refractivity contribution < 1.29 is 31.5 Å². The van der Waals surface area contributed by atoms with Crippen LogP contribution in [0.2, 0.25) is 0 Å². The molecular formula is C23H26F5N5O2. The summed E-state index contributed by atoms with van der Waals surface area (Å²) < 4.78 is 70.1. The van der Waals surface area contributed by atoms with E-state index in [0.29, 0.717) is 18.9 Å². The Morgan fingerprint density at radius 1 is 1.09 bits per heavy atom. The number of amides is 2. The van der Waals surface area contributed by atoms with Gasteiger partial charge in [-0.15, -0.1) is 10.2 Å². The van der Waals surface area contributed by atoms with Gasteiger partial charge < -0.3 is 14.8 Å². The summed E-state index contributed by atoms with van der Waals surface area (Å²) in [6.07, 6.45) is 2.78. The molecule has 1 fully saturated rings. The van der Waals surface area contributed by atoms with Crippen molar-refractivity contribution in [3.05, 3.63) is 46.8 Å². The summed E-state index contributed by atoms with van der Waals surface area (Å²) in [5.41, 5.74) is -0.165. The highest BCUT2D eigenvalue weighted by Gasteiger charge is 2.36. The Morgan fingerprint density at radius 3 is 2.46 bits per heavy atom. The normalized spacial score (nSPS) is 17.4. The van der Waals surface area contributed by atoms with Crippen LogP contribution >= 0.6 is 0 Å². The lowest BCUT2D eigenvalue weighted by Gasteiger charge is -2.30. The summed E-state index contributed by atoms with van der Waals surface area (Å²) in [6, 6.07) is 0.283. The minimum Gasteiger partial charge on any atom is -0.352 e. The Balaban J connectivity index is 1.49. The number of fused-ring (bicyclic) bond motifs is 1. The lowest BCUT2D eigenvalue weighted by Crippen LogP contribution is -2.45.